The second-order valence-electron chi connectivity index (χ2n) is 8.26. The van der Waals surface area contributed by atoms with Crippen molar-refractivity contribution < 1.29 is 28.6 Å². The number of aliphatic hydroxyl groups is 2. The van der Waals surface area contributed by atoms with E-state index in [9.17, 15) is 28.6 Å². The molecule has 0 saturated carbocycles. The monoisotopic (exact) mass is 432 g/mol. The van der Waals surface area contributed by atoms with Crippen LogP contribution in [0.2, 0.25) is 0 Å². The first-order valence-electron chi connectivity index (χ1n) is 10.2. The molecule has 0 radical (unpaired) electrons. The standard InChI is InChI=1S/C21H22F2N4O4/c22-12-4-3-11(15(23)6-12)7-24-20(30)14-9-25-10-16-26-5-1-2-13(26)8-27(16)21(31)17(25)19(29)18(14)28/h3-4,6,9,13,16,18,28-29H,1-2,5,7-8,10H2,(H,24,30)/t13-,16+,18?/m0/s1. The van der Waals surface area contributed by atoms with E-state index < -0.39 is 29.4 Å². The lowest BCUT2D eigenvalue weighted by Gasteiger charge is -2.42. The maximum Gasteiger partial charge on any atom is 0.275 e. The number of carbonyl (C=O) groups is 2. The zero-order valence-corrected chi connectivity index (χ0v) is 16.6. The molecule has 3 N–H and O–H groups in total. The Kier molecular flexibility index (Phi) is 4.71. The predicted molar refractivity (Wildman–Crippen MR) is 104 cm³/mol. The van der Waals surface area contributed by atoms with Gasteiger partial charge in [-0.2, -0.15) is 0 Å². The van der Waals surface area contributed by atoms with E-state index in [0.29, 0.717) is 19.1 Å². The second kappa shape index (κ2) is 7.31. The van der Waals surface area contributed by atoms with Crippen LogP contribution in [0.4, 0.5) is 8.78 Å². The predicted octanol–water partition coefficient (Wildman–Crippen LogP) is 0.557. The molecule has 164 valence electrons. The van der Waals surface area contributed by atoms with Crippen molar-refractivity contribution in [2.75, 3.05) is 19.6 Å². The van der Waals surface area contributed by atoms with Gasteiger partial charge in [-0.05, 0) is 18.9 Å². The number of aliphatic hydroxyl groups excluding tert-OH is 2. The molecule has 4 heterocycles. The number of amides is 2. The summed E-state index contributed by atoms with van der Waals surface area (Å²) in [7, 11) is 0. The first kappa shape index (κ1) is 20.0. The second-order valence-corrected chi connectivity index (χ2v) is 8.26. The highest BCUT2D eigenvalue weighted by Crippen LogP contribution is 2.37. The Morgan fingerprint density at radius 2 is 2.06 bits per heavy atom. The van der Waals surface area contributed by atoms with Gasteiger partial charge in [-0.15, -0.1) is 0 Å². The van der Waals surface area contributed by atoms with Gasteiger partial charge in [-0.1, -0.05) is 6.07 Å². The van der Waals surface area contributed by atoms with E-state index in [4.69, 9.17) is 0 Å². The third-order valence-electron chi connectivity index (χ3n) is 6.49. The normalized spacial score (nSPS) is 27.8. The van der Waals surface area contributed by atoms with Gasteiger partial charge >= 0.3 is 0 Å². The van der Waals surface area contributed by atoms with Crippen LogP contribution in [0.15, 0.2) is 41.4 Å². The molecule has 8 nitrogen and oxygen atoms in total. The highest BCUT2D eigenvalue weighted by Gasteiger charge is 2.51. The summed E-state index contributed by atoms with van der Waals surface area (Å²) in [5.74, 6) is -3.19. The Balaban J connectivity index is 1.36. The number of nitrogens with one attached hydrogen (secondary N) is 1. The van der Waals surface area contributed by atoms with Crippen molar-refractivity contribution in [3.8, 4) is 0 Å². The lowest BCUT2D eigenvalue weighted by atomic mass is 10.00. The van der Waals surface area contributed by atoms with E-state index in [1.807, 2.05) is 0 Å². The number of benzene rings is 1. The fourth-order valence-electron chi connectivity index (χ4n) is 4.94. The fourth-order valence-corrected chi connectivity index (χ4v) is 4.94. The summed E-state index contributed by atoms with van der Waals surface area (Å²) in [5, 5.41) is 23.5. The van der Waals surface area contributed by atoms with Crippen molar-refractivity contribution in [2.45, 2.75) is 37.7 Å². The van der Waals surface area contributed by atoms with Crippen molar-refractivity contribution in [2.24, 2.45) is 0 Å². The van der Waals surface area contributed by atoms with Crippen molar-refractivity contribution in [1.29, 1.82) is 0 Å². The van der Waals surface area contributed by atoms with E-state index in [1.54, 1.807) is 4.90 Å². The van der Waals surface area contributed by atoms with Gasteiger partial charge in [0.1, 0.15) is 29.6 Å². The van der Waals surface area contributed by atoms with Crippen LogP contribution >= 0.6 is 0 Å². The summed E-state index contributed by atoms with van der Waals surface area (Å²) in [6, 6.07) is 3.31. The SMILES string of the molecule is O=C(NCc1ccc(F)cc1F)C1=CN2C[C@H]3N(C[C@@H]4CCCN43)C(=O)C2=C(O)C1O. The summed E-state index contributed by atoms with van der Waals surface area (Å²) >= 11 is 0. The average Bonchev–Trinajstić information content (AvgIpc) is 3.32. The number of fused-ring (bicyclic) bond motifs is 4. The summed E-state index contributed by atoms with van der Waals surface area (Å²) < 4.78 is 26.9. The smallest absolute Gasteiger partial charge is 0.275 e. The van der Waals surface area contributed by atoms with E-state index in [2.05, 4.69) is 10.2 Å². The van der Waals surface area contributed by atoms with Crippen LogP contribution < -0.4 is 5.32 Å². The molecule has 1 aromatic rings. The molecule has 3 atom stereocenters. The van der Waals surface area contributed by atoms with Gasteiger partial charge in [0.15, 0.2) is 5.76 Å². The van der Waals surface area contributed by atoms with Crippen molar-refractivity contribution in [1.82, 2.24) is 20.0 Å². The van der Waals surface area contributed by atoms with Gasteiger partial charge in [-0.25, -0.2) is 8.78 Å². The third-order valence-corrected chi connectivity index (χ3v) is 6.49. The molecule has 0 spiro atoms. The van der Waals surface area contributed by atoms with Crippen LogP contribution in [-0.2, 0) is 16.1 Å². The van der Waals surface area contributed by atoms with Gasteiger partial charge in [0.25, 0.3) is 11.8 Å². The molecule has 3 saturated heterocycles. The summed E-state index contributed by atoms with van der Waals surface area (Å²) in [5.41, 5.74) is -0.0945. The zero-order chi connectivity index (χ0) is 21.9. The Morgan fingerprint density at radius 3 is 2.84 bits per heavy atom. The topological polar surface area (TPSA) is 96.4 Å². The van der Waals surface area contributed by atoms with Crippen LogP contribution in [0.3, 0.4) is 0 Å². The summed E-state index contributed by atoms with van der Waals surface area (Å²) in [4.78, 5) is 31.2. The van der Waals surface area contributed by atoms with E-state index in [-0.39, 0.29) is 35.5 Å². The van der Waals surface area contributed by atoms with Crippen LogP contribution in [0, 0.1) is 11.6 Å². The number of halogens is 2. The van der Waals surface area contributed by atoms with Gasteiger partial charge in [0.2, 0.25) is 0 Å². The molecule has 1 aromatic carbocycles. The zero-order valence-electron chi connectivity index (χ0n) is 16.6. The van der Waals surface area contributed by atoms with E-state index in [1.165, 1.54) is 17.2 Å². The minimum Gasteiger partial charge on any atom is -0.507 e. The first-order chi connectivity index (χ1) is 14.8. The van der Waals surface area contributed by atoms with E-state index in [0.717, 1.165) is 31.5 Å². The van der Waals surface area contributed by atoms with Crippen LogP contribution in [0.25, 0.3) is 0 Å². The Hall–Kier alpha value is -2.98. The average molecular weight is 432 g/mol. The number of carbonyl (C=O) groups excluding carboxylic acids is 2. The first-order valence-corrected chi connectivity index (χ1v) is 10.2. The maximum absolute atomic E-state index is 13.8. The lowest BCUT2D eigenvalue weighted by molar-refractivity contribution is -0.135. The summed E-state index contributed by atoms with van der Waals surface area (Å²) in [6.45, 7) is 1.63. The number of rotatable bonds is 3. The molecule has 0 aromatic heterocycles. The van der Waals surface area contributed by atoms with Gasteiger partial charge < -0.3 is 25.3 Å². The molecule has 31 heavy (non-hydrogen) atoms. The Bertz CT molecular complexity index is 1030. The van der Waals surface area contributed by atoms with Crippen LogP contribution in [0.1, 0.15) is 18.4 Å². The molecule has 2 amide bonds. The molecule has 10 heteroatoms. The Labute approximate surface area is 177 Å². The number of piperazine rings is 1. The van der Waals surface area contributed by atoms with Crippen molar-refractivity contribution >= 4 is 11.8 Å². The third kappa shape index (κ3) is 3.17. The number of hydrogen-bond donors (Lipinski definition) is 3. The number of hydrogen-bond acceptors (Lipinski definition) is 6. The van der Waals surface area contributed by atoms with Gasteiger partial charge in [0.05, 0.1) is 12.1 Å². The summed E-state index contributed by atoms with van der Waals surface area (Å²) in [6.07, 6.45) is 1.62. The molecule has 0 bridgehead atoms. The molecule has 5 rings (SSSR count). The highest BCUT2D eigenvalue weighted by molar-refractivity contribution is 5.99. The highest BCUT2D eigenvalue weighted by atomic mass is 19.1. The molecule has 0 aliphatic carbocycles. The molecular formula is C21H22F2N4O4. The maximum atomic E-state index is 13.8. The van der Waals surface area contributed by atoms with E-state index >= 15 is 0 Å². The molecule has 1 unspecified atom stereocenters. The molecule has 3 fully saturated rings. The van der Waals surface area contributed by atoms with Crippen LogP contribution in [-0.4, -0.2) is 74.7 Å². The molecule has 4 aliphatic heterocycles. The Morgan fingerprint density at radius 1 is 1.26 bits per heavy atom. The van der Waals surface area contributed by atoms with Gasteiger partial charge in [0, 0.05) is 43.5 Å². The minimum atomic E-state index is -1.67. The lowest BCUT2D eigenvalue weighted by Crippen LogP contribution is -2.57. The molecular weight excluding hydrogens is 410 g/mol. The molecule has 4 aliphatic rings. The van der Waals surface area contributed by atoms with Crippen molar-refractivity contribution in [3.05, 3.63) is 58.6 Å². The quantitative estimate of drug-likeness (QED) is 0.646. The largest absolute Gasteiger partial charge is 0.507 e. The van der Waals surface area contributed by atoms with Crippen molar-refractivity contribution in [3.63, 3.8) is 0 Å². The number of nitrogens with zero attached hydrogens (tertiary/aromatic N) is 3. The van der Waals surface area contributed by atoms with Gasteiger partial charge in [-0.3, -0.25) is 14.5 Å². The fraction of sp³-hybridized carbons (Fsp3) is 0.429. The minimum absolute atomic E-state index is 0.0222. The van der Waals surface area contributed by atoms with Crippen LogP contribution in [0.5, 0.6) is 0 Å².